The van der Waals surface area contributed by atoms with Crippen LogP contribution in [0, 0.1) is 5.82 Å². The Morgan fingerprint density at radius 1 is 1.03 bits per heavy atom. The molecule has 0 aliphatic carbocycles. The predicted octanol–water partition coefficient (Wildman–Crippen LogP) is 5.17. The molecule has 0 aliphatic rings. The molecule has 2 heterocycles. The van der Waals surface area contributed by atoms with Crippen molar-refractivity contribution in [3.8, 4) is 22.8 Å². The number of allylic oxidation sites excluding steroid dienone is 1. The van der Waals surface area contributed by atoms with Gasteiger partial charge in [-0.3, -0.25) is 4.57 Å². The molecule has 29 heavy (non-hydrogen) atoms. The minimum Gasteiger partial charge on any atom is -0.419 e. The quantitative estimate of drug-likeness (QED) is 0.311. The molecule has 6 nitrogen and oxygen atoms in total. The Hall–Kier alpha value is -3.26. The Morgan fingerprint density at radius 2 is 1.79 bits per heavy atom. The van der Waals surface area contributed by atoms with Gasteiger partial charge in [-0.15, -0.1) is 27.0 Å². The lowest BCUT2D eigenvalue weighted by molar-refractivity contribution is 0.508. The first-order valence-corrected chi connectivity index (χ1v) is 9.89. The van der Waals surface area contributed by atoms with Gasteiger partial charge in [0.15, 0.2) is 11.0 Å². The van der Waals surface area contributed by atoms with Crippen molar-refractivity contribution in [3.05, 3.63) is 79.0 Å². The third-order valence-electron chi connectivity index (χ3n) is 4.22. The van der Waals surface area contributed by atoms with E-state index in [2.05, 4.69) is 27.0 Å². The first-order valence-electron chi connectivity index (χ1n) is 9.01. The summed E-state index contributed by atoms with van der Waals surface area (Å²) in [5.41, 5.74) is 1.65. The van der Waals surface area contributed by atoms with Gasteiger partial charge in [-0.1, -0.05) is 36.0 Å². The van der Waals surface area contributed by atoms with Gasteiger partial charge in [0, 0.05) is 17.7 Å². The fourth-order valence-electron chi connectivity index (χ4n) is 2.79. The van der Waals surface area contributed by atoms with Crippen LogP contribution in [0.4, 0.5) is 4.39 Å². The molecule has 1 atom stereocenters. The highest BCUT2D eigenvalue weighted by atomic mass is 32.2. The highest BCUT2D eigenvalue weighted by molar-refractivity contribution is 7.99. The summed E-state index contributed by atoms with van der Waals surface area (Å²) in [6.45, 7) is 6.30. The lowest BCUT2D eigenvalue weighted by atomic mass is 10.2. The van der Waals surface area contributed by atoms with E-state index in [1.807, 2.05) is 41.8 Å². The number of hydrogen-bond donors (Lipinski definition) is 0. The Labute approximate surface area is 171 Å². The standard InChI is InChI=1S/C21H18FN5OS/c1-3-13-27-18(15-9-11-17(22)12-10-15)23-26-21(27)29-14(2)19-24-25-20(28-19)16-7-5-4-6-8-16/h3-12,14H,1,13H2,2H3/t14-/m0/s1. The van der Waals surface area contributed by atoms with E-state index in [9.17, 15) is 4.39 Å². The predicted molar refractivity (Wildman–Crippen MR) is 110 cm³/mol. The lowest BCUT2D eigenvalue weighted by Gasteiger charge is -2.10. The van der Waals surface area contributed by atoms with E-state index in [1.54, 1.807) is 18.2 Å². The number of aromatic nitrogens is 5. The van der Waals surface area contributed by atoms with Gasteiger partial charge >= 0.3 is 0 Å². The molecule has 0 spiro atoms. The summed E-state index contributed by atoms with van der Waals surface area (Å²) in [6.07, 6.45) is 1.77. The summed E-state index contributed by atoms with van der Waals surface area (Å²) in [5.74, 6) is 1.34. The molecule has 0 fully saturated rings. The molecule has 2 aromatic carbocycles. The fraction of sp³-hybridized carbons (Fsp3) is 0.143. The molecule has 0 amide bonds. The van der Waals surface area contributed by atoms with Crippen LogP contribution >= 0.6 is 11.8 Å². The summed E-state index contributed by atoms with van der Waals surface area (Å²) in [6, 6.07) is 15.8. The molecule has 4 aromatic rings. The third kappa shape index (κ3) is 4.12. The molecule has 0 radical (unpaired) electrons. The van der Waals surface area contributed by atoms with Gasteiger partial charge in [0.25, 0.3) is 0 Å². The number of halogens is 1. The lowest BCUT2D eigenvalue weighted by Crippen LogP contribution is -2.02. The summed E-state index contributed by atoms with van der Waals surface area (Å²) >= 11 is 1.46. The Morgan fingerprint density at radius 3 is 2.52 bits per heavy atom. The molecule has 2 aromatic heterocycles. The summed E-state index contributed by atoms with van der Waals surface area (Å²) < 4.78 is 21.0. The van der Waals surface area contributed by atoms with Gasteiger partial charge in [-0.25, -0.2) is 4.39 Å². The second kappa shape index (κ2) is 8.40. The van der Waals surface area contributed by atoms with Gasteiger partial charge in [-0.2, -0.15) is 0 Å². The molecule has 0 bridgehead atoms. The van der Waals surface area contributed by atoms with Crippen LogP contribution in [0.1, 0.15) is 18.1 Å². The molecule has 146 valence electrons. The van der Waals surface area contributed by atoms with Crippen molar-refractivity contribution in [1.29, 1.82) is 0 Å². The van der Waals surface area contributed by atoms with Crippen LogP contribution in [-0.2, 0) is 6.54 Å². The largest absolute Gasteiger partial charge is 0.419 e. The average Bonchev–Trinajstić information content (AvgIpc) is 3.38. The van der Waals surface area contributed by atoms with Crippen molar-refractivity contribution in [2.24, 2.45) is 0 Å². The molecule has 4 rings (SSSR count). The second-order valence-corrected chi connectivity index (χ2v) is 7.59. The van der Waals surface area contributed by atoms with Crippen molar-refractivity contribution in [2.45, 2.75) is 23.9 Å². The SMILES string of the molecule is C=CCn1c(S[C@@H](C)c2nnc(-c3ccccc3)o2)nnc1-c1ccc(F)cc1. The van der Waals surface area contributed by atoms with Crippen LogP contribution in [0.5, 0.6) is 0 Å². The Kier molecular flexibility index (Phi) is 5.53. The third-order valence-corrected chi connectivity index (χ3v) is 5.29. The minimum absolute atomic E-state index is 0.131. The Balaban J connectivity index is 1.58. The van der Waals surface area contributed by atoms with E-state index >= 15 is 0 Å². The maximum atomic E-state index is 13.3. The normalized spacial score (nSPS) is 12.1. The van der Waals surface area contributed by atoms with E-state index in [0.29, 0.717) is 29.3 Å². The van der Waals surface area contributed by atoms with Crippen LogP contribution < -0.4 is 0 Å². The fourth-order valence-corrected chi connectivity index (χ4v) is 3.68. The number of nitrogens with zero attached hydrogens (tertiary/aromatic N) is 5. The smallest absolute Gasteiger partial charge is 0.247 e. The van der Waals surface area contributed by atoms with Crippen molar-refractivity contribution < 1.29 is 8.81 Å². The van der Waals surface area contributed by atoms with Crippen LogP contribution in [0.15, 0.2) is 76.8 Å². The molecule has 0 N–H and O–H groups in total. The van der Waals surface area contributed by atoms with Gasteiger partial charge in [0.2, 0.25) is 11.8 Å². The zero-order valence-electron chi connectivity index (χ0n) is 15.7. The first kappa shape index (κ1) is 19.1. The Bertz CT molecular complexity index is 1110. The maximum absolute atomic E-state index is 13.3. The van der Waals surface area contributed by atoms with Crippen molar-refractivity contribution in [1.82, 2.24) is 25.0 Å². The molecule has 0 saturated heterocycles. The molecule has 0 unspecified atom stereocenters. The molecular formula is C21H18FN5OS. The molecule has 0 saturated carbocycles. The highest BCUT2D eigenvalue weighted by Crippen LogP contribution is 2.35. The van der Waals surface area contributed by atoms with Crippen LogP contribution in [-0.4, -0.2) is 25.0 Å². The van der Waals surface area contributed by atoms with Crippen LogP contribution in [0.2, 0.25) is 0 Å². The van der Waals surface area contributed by atoms with E-state index < -0.39 is 0 Å². The van der Waals surface area contributed by atoms with Crippen molar-refractivity contribution in [3.63, 3.8) is 0 Å². The van der Waals surface area contributed by atoms with Gasteiger partial charge in [0.05, 0.1) is 5.25 Å². The van der Waals surface area contributed by atoms with E-state index in [1.165, 1.54) is 23.9 Å². The van der Waals surface area contributed by atoms with Gasteiger partial charge in [-0.05, 0) is 43.3 Å². The van der Waals surface area contributed by atoms with Crippen LogP contribution in [0.3, 0.4) is 0 Å². The molecular weight excluding hydrogens is 389 g/mol. The van der Waals surface area contributed by atoms with E-state index in [4.69, 9.17) is 4.42 Å². The van der Waals surface area contributed by atoms with E-state index in [-0.39, 0.29) is 11.1 Å². The number of benzene rings is 2. The maximum Gasteiger partial charge on any atom is 0.247 e. The molecule has 8 heteroatoms. The number of rotatable bonds is 7. The van der Waals surface area contributed by atoms with Crippen LogP contribution in [0.25, 0.3) is 22.8 Å². The first-order chi connectivity index (χ1) is 14.2. The highest BCUT2D eigenvalue weighted by Gasteiger charge is 2.21. The van der Waals surface area contributed by atoms with Gasteiger partial charge in [0.1, 0.15) is 5.82 Å². The number of thioether (sulfide) groups is 1. The monoisotopic (exact) mass is 407 g/mol. The average molecular weight is 407 g/mol. The minimum atomic E-state index is -0.294. The van der Waals surface area contributed by atoms with Gasteiger partial charge < -0.3 is 4.42 Å². The van der Waals surface area contributed by atoms with E-state index in [0.717, 1.165) is 11.1 Å². The number of hydrogen-bond acceptors (Lipinski definition) is 6. The summed E-state index contributed by atoms with van der Waals surface area (Å²) in [5, 5.41) is 17.5. The topological polar surface area (TPSA) is 69.6 Å². The summed E-state index contributed by atoms with van der Waals surface area (Å²) in [7, 11) is 0. The molecule has 0 aliphatic heterocycles. The second-order valence-electron chi connectivity index (χ2n) is 6.28. The van der Waals surface area contributed by atoms with Crippen molar-refractivity contribution in [2.75, 3.05) is 0 Å². The summed E-state index contributed by atoms with van der Waals surface area (Å²) in [4.78, 5) is 0. The van der Waals surface area contributed by atoms with Crippen molar-refractivity contribution >= 4 is 11.8 Å². The zero-order valence-corrected chi connectivity index (χ0v) is 16.5. The zero-order chi connectivity index (χ0) is 20.2.